The van der Waals surface area contributed by atoms with Crippen molar-refractivity contribution in [3.63, 3.8) is 0 Å². The van der Waals surface area contributed by atoms with E-state index in [1.807, 2.05) is 6.92 Å². The summed E-state index contributed by atoms with van der Waals surface area (Å²) in [5.41, 5.74) is 3.59. The van der Waals surface area contributed by atoms with E-state index in [0.29, 0.717) is 17.3 Å². The van der Waals surface area contributed by atoms with E-state index in [1.165, 1.54) is 6.07 Å². The molecule has 2 N–H and O–H groups in total. The third-order valence-corrected chi connectivity index (χ3v) is 3.80. The zero-order chi connectivity index (χ0) is 14.3. The van der Waals surface area contributed by atoms with Crippen molar-refractivity contribution in [2.24, 2.45) is 0 Å². The lowest BCUT2D eigenvalue weighted by Gasteiger charge is -2.22. The monoisotopic (exact) mass is 292 g/mol. The Morgan fingerprint density at radius 3 is 3.00 bits per heavy atom. The van der Waals surface area contributed by atoms with Crippen molar-refractivity contribution in [3.8, 4) is 17.0 Å². The summed E-state index contributed by atoms with van der Waals surface area (Å²) in [5, 5.41) is 16.0. The molecule has 1 aromatic heterocycles. The van der Waals surface area contributed by atoms with Crippen LogP contribution in [-0.2, 0) is 6.42 Å². The predicted octanol–water partition coefficient (Wildman–Crippen LogP) is 3.06. The quantitative estimate of drug-likeness (QED) is 0.892. The van der Waals surface area contributed by atoms with Crippen LogP contribution < -0.4 is 4.74 Å². The average molecular weight is 293 g/mol. The molecular formula is C14H13ClN2O3. The van der Waals surface area contributed by atoms with Gasteiger partial charge in [-0.05, 0) is 43.0 Å². The van der Waals surface area contributed by atoms with Crippen LogP contribution in [0, 0.1) is 6.92 Å². The standard InChI is InChI=1S/C14H13ClN2O3/c1-7-8-3-2-4-20-13(8)10(15)5-9(7)11-6-12(14(18)19)17-16-11/h5-6H,2-4H2,1H3,(H,16,17)(H,18,19). The molecule has 6 heteroatoms. The highest BCUT2D eigenvalue weighted by Gasteiger charge is 2.21. The van der Waals surface area contributed by atoms with Gasteiger partial charge in [-0.25, -0.2) is 4.79 Å². The third-order valence-electron chi connectivity index (χ3n) is 3.52. The summed E-state index contributed by atoms with van der Waals surface area (Å²) in [6, 6.07) is 3.29. The number of rotatable bonds is 2. The Balaban J connectivity index is 2.13. The Kier molecular flexibility index (Phi) is 3.14. The number of carboxylic acid groups (broad SMARTS) is 1. The minimum atomic E-state index is -1.03. The number of aromatic nitrogens is 2. The number of hydrogen-bond donors (Lipinski definition) is 2. The predicted molar refractivity (Wildman–Crippen MR) is 74.5 cm³/mol. The van der Waals surface area contributed by atoms with Gasteiger partial charge in [0, 0.05) is 5.56 Å². The summed E-state index contributed by atoms with van der Waals surface area (Å²) in [6.07, 6.45) is 1.86. The van der Waals surface area contributed by atoms with E-state index in [0.717, 1.165) is 35.3 Å². The van der Waals surface area contributed by atoms with Crippen molar-refractivity contribution in [3.05, 3.63) is 34.0 Å². The summed E-state index contributed by atoms with van der Waals surface area (Å²) >= 11 is 6.26. The van der Waals surface area contributed by atoms with Crippen LogP contribution in [-0.4, -0.2) is 27.9 Å². The van der Waals surface area contributed by atoms with E-state index in [1.54, 1.807) is 6.07 Å². The van der Waals surface area contributed by atoms with Crippen LogP contribution in [0.15, 0.2) is 12.1 Å². The molecule has 0 saturated heterocycles. The van der Waals surface area contributed by atoms with Gasteiger partial charge in [-0.1, -0.05) is 11.6 Å². The van der Waals surface area contributed by atoms with Crippen LogP contribution in [0.3, 0.4) is 0 Å². The molecule has 1 aromatic carbocycles. The van der Waals surface area contributed by atoms with E-state index >= 15 is 0 Å². The van der Waals surface area contributed by atoms with Crippen LogP contribution in [0.25, 0.3) is 11.3 Å². The van der Waals surface area contributed by atoms with Gasteiger partial charge in [-0.3, -0.25) is 5.10 Å². The largest absolute Gasteiger partial charge is 0.492 e. The summed E-state index contributed by atoms with van der Waals surface area (Å²) < 4.78 is 5.62. The lowest BCUT2D eigenvalue weighted by molar-refractivity contribution is 0.0690. The molecule has 1 aliphatic rings. The van der Waals surface area contributed by atoms with Crippen LogP contribution >= 0.6 is 11.6 Å². The second kappa shape index (κ2) is 4.83. The molecule has 3 rings (SSSR count). The Bertz CT molecular complexity index is 694. The first-order valence-electron chi connectivity index (χ1n) is 6.31. The van der Waals surface area contributed by atoms with Gasteiger partial charge in [0.25, 0.3) is 0 Å². The van der Waals surface area contributed by atoms with Crippen LogP contribution in [0.5, 0.6) is 5.75 Å². The maximum Gasteiger partial charge on any atom is 0.353 e. The number of benzene rings is 1. The van der Waals surface area contributed by atoms with Crippen molar-refractivity contribution >= 4 is 17.6 Å². The Hall–Kier alpha value is -2.01. The SMILES string of the molecule is Cc1c(-c2cc(C(=O)O)[nH]n2)cc(Cl)c2c1CCCO2. The Labute approximate surface area is 120 Å². The fourth-order valence-corrected chi connectivity index (χ4v) is 2.77. The second-order valence-corrected chi connectivity index (χ2v) is 5.17. The summed E-state index contributed by atoms with van der Waals surface area (Å²) in [6.45, 7) is 2.66. The normalized spacial score (nSPS) is 13.7. The van der Waals surface area contributed by atoms with Crippen LogP contribution in [0.2, 0.25) is 5.02 Å². The lowest BCUT2D eigenvalue weighted by atomic mass is 9.94. The van der Waals surface area contributed by atoms with E-state index in [-0.39, 0.29) is 5.69 Å². The molecule has 2 aromatic rings. The fraction of sp³-hybridized carbons (Fsp3) is 0.286. The van der Waals surface area contributed by atoms with Gasteiger partial charge in [-0.15, -0.1) is 0 Å². The number of hydrogen-bond acceptors (Lipinski definition) is 3. The lowest BCUT2D eigenvalue weighted by Crippen LogP contribution is -2.10. The van der Waals surface area contributed by atoms with Gasteiger partial charge < -0.3 is 9.84 Å². The number of aromatic amines is 1. The van der Waals surface area contributed by atoms with E-state index < -0.39 is 5.97 Å². The molecular weight excluding hydrogens is 280 g/mol. The number of carboxylic acids is 1. The number of H-pyrrole nitrogens is 1. The molecule has 20 heavy (non-hydrogen) atoms. The second-order valence-electron chi connectivity index (χ2n) is 4.76. The molecule has 1 aliphatic heterocycles. The van der Waals surface area contributed by atoms with Crippen molar-refractivity contribution in [1.29, 1.82) is 0 Å². The van der Waals surface area contributed by atoms with E-state index in [9.17, 15) is 4.79 Å². The average Bonchev–Trinajstić information content (AvgIpc) is 2.93. The number of aromatic carboxylic acids is 1. The molecule has 104 valence electrons. The van der Waals surface area contributed by atoms with Crippen molar-refractivity contribution in [2.45, 2.75) is 19.8 Å². The van der Waals surface area contributed by atoms with Crippen molar-refractivity contribution < 1.29 is 14.6 Å². The molecule has 0 amide bonds. The van der Waals surface area contributed by atoms with Crippen LogP contribution in [0.4, 0.5) is 0 Å². The first-order valence-corrected chi connectivity index (χ1v) is 6.69. The topological polar surface area (TPSA) is 75.2 Å². The number of halogens is 1. The first kappa shape index (κ1) is 13.0. The molecule has 0 saturated carbocycles. The summed E-state index contributed by atoms with van der Waals surface area (Å²) in [4.78, 5) is 10.9. The highest BCUT2D eigenvalue weighted by atomic mass is 35.5. The number of nitrogens with one attached hydrogen (secondary N) is 1. The molecule has 2 heterocycles. The Morgan fingerprint density at radius 1 is 1.50 bits per heavy atom. The van der Waals surface area contributed by atoms with Gasteiger partial charge in [-0.2, -0.15) is 5.10 Å². The number of ether oxygens (including phenoxy) is 1. The highest BCUT2D eigenvalue weighted by molar-refractivity contribution is 6.32. The third kappa shape index (κ3) is 2.04. The molecule has 0 fully saturated rings. The fourth-order valence-electron chi connectivity index (χ4n) is 2.49. The maximum atomic E-state index is 10.9. The van der Waals surface area contributed by atoms with Gasteiger partial charge in [0.15, 0.2) is 0 Å². The summed E-state index contributed by atoms with van der Waals surface area (Å²) in [5.74, 6) is -0.290. The number of carbonyl (C=O) groups is 1. The van der Waals surface area contributed by atoms with Gasteiger partial charge in [0.2, 0.25) is 0 Å². The molecule has 0 unspecified atom stereocenters. The van der Waals surface area contributed by atoms with Crippen LogP contribution in [0.1, 0.15) is 28.0 Å². The van der Waals surface area contributed by atoms with Crippen molar-refractivity contribution in [1.82, 2.24) is 10.2 Å². The first-order chi connectivity index (χ1) is 9.58. The zero-order valence-corrected chi connectivity index (χ0v) is 11.6. The van der Waals surface area contributed by atoms with Crippen molar-refractivity contribution in [2.75, 3.05) is 6.61 Å². The Morgan fingerprint density at radius 2 is 2.30 bits per heavy atom. The zero-order valence-electron chi connectivity index (χ0n) is 10.9. The summed E-state index contributed by atoms with van der Waals surface area (Å²) in [7, 11) is 0. The number of fused-ring (bicyclic) bond motifs is 1. The smallest absolute Gasteiger partial charge is 0.353 e. The molecule has 0 aliphatic carbocycles. The minimum absolute atomic E-state index is 0.0597. The van der Waals surface area contributed by atoms with Gasteiger partial charge in [0.05, 0.1) is 17.3 Å². The van der Waals surface area contributed by atoms with E-state index in [4.69, 9.17) is 21.4 Å². The molecule has 0 bridgehead atoms. The van der Waals surface area contributed by atoms with E-state index in [2.05, 4.69) is 10.2 Å². The molecule has 0 atom stereocenters. The minimum Gasteiger partial charge on any atom is -0.492 e. The van der Waals surface area contributed by atoms with Gasteiger partial charge in [0.1, 0.15) is 11.4 Å². The maximum absolute atomic E-state index is 10.9. The molecule has 5 nitrogen and oxygen atoms in total. The highest BCUT2D eigenvalue weighted by Crippen LogP contribution is 2.40. The number of nitrogens with zero attached hydrogens (tertiary/aromatic N) is 1. The molecule has 0 radical (unpaired) electrons. The molecule has 0 spiro atoms. The van der Waals surface area contributed by atoms with Gasteiger partial charge >= 0.3 is 5.97 Å².